The van der Waals surface area contributed by atoms with E-state index in [2.05, 4.69) is 58.3 Å². The van der Waals surface area contributed by atoms with Gasteiger partial charge >= 0.3 is 0 Å². The summed E-state index contributed by atoms with van der Waals surface area (Å²) in [5.74, 6) is 0.967. The summed E-state index contributed by atoms with van der Waals surface area (Å²) >= 11 is 3.65. The molecule has 0 radical (unpaired) electrons. The number of nitrogens with zero attached hydrogens (tertiary/aromatic N) is 1. The molecule has 2 heterocycles. The van der Waals surface area contributed by atoms with Crippen LogP contribution in [0.25, 0.3) is 0 Å². The molecule has 1 aromatic carbocycles. The van der Waals surface area contributed by atoms with Crippen molar-refractivity contribution in [3.05, 3.63) is 28.2 Å². The monoisotopic (exact) mass is 396 g/mol. The van der Waals surface area contributed by atoms with Gasteiger partial charge in [0.05, 0.1) is 10.6 Å². The van der Waals surface area contributed by atoms with Crippen molar-refractivity contribution >= 4 is 15.9 Å². The van der Waals surface area contributed by atoms with Crippen LogP contribution in [0.3, 0.4) is 0 Å². The maximum Gasteiger partial charge on any atom is 0.138 e. The Morgan fingerprint density at radius 2 is 2.33 bits per heavy atom. The number of halogens is 1. The zero-order valence-corrected chi connectivity index (χ0v) is 16.4. The molecule has 2 aliphatic rings. The Labute approximate surface area is 154 Å². The topological polar surface area (TPSA) is 33.7 Å². The minimum Gasteiger partial charge on any atom is -0.489 e. The number of nitrogens with one attached hydrogen (secondary N) is 1. The van der Waals surface area contributed by atoms with E-state index in [0.29, 0.717) is 12.0 Å². The third-order valence-electron chi connectivity index (χ3n) is 5.04. The van der Waals surface area contributed by atoms with Crippen molar-refractivity contribution in [2.24, 2.45) is 5.41 Å². The maximum atomic E-state index is 6.14. The number of para-hydroxylation sites is 1. The molecule has 0 saturated carbocycles. The summed E-state index contributed by atoms with van der Waals surface area (Å²) in [6.45, 7) is 8.12. The molecule has 0 bridgehead atoms. The lowest BCUT2D eigenvalue weighted by atomic mass is 9.89. The second kappa shape index (κ2) is 8.17. The molecule has 24 heavy (non-hydrogen) atoms. The van der Waals surface area contributed by atoms with Crippen LogP contribution >= 0.6 is 15.9 Å². The zero-order chi connectivity index (χ0) is 17.0. The number of hydrogen-bond acceptors (Lipinski definition) is 4. The number of hydrogen-bond donors (Lipinski definition) is 1. The Kier molecular flexibility index (Phi) is 6.19. The van der Waals surface area contributed by atoms with Gasteiger partial charge in [0.25, 0.3) is 0 Å². The molecule has 3 rings (SSSR count). The standard InChI is InChI=1S/C19H29BrN2O2/c1-19(8-9-21-13-19)14-22(2)11-15-5-3-7-17(20)18(15)24-12-16-6-4-10-23-16/h3,5,7,16,21H,4,6,8-14H2,1-2H3. The largest absolute Gasteiger partial charge is 0.489 e. The summed E-state index contributed by atoms with van der Waals surface area (Å²) < 4.78 is 12.8. The van der Waals surface area contributed by atoms with Crippen molar-refractivity contribution in [2.75, 3.05) is 39.9 Å². The number of ether oxygens (including phenoxy) is 2. The van der Waals surface area contributed by atoms with E-state index in [4.69, 9.17) is 9.47 Å². The van der Waals surface area contributed by atoms with Gasteiger partial charge in [-0.2, -0.15) is 0 Å². The average Bonchev–Trinajstić information content (AvgIpc) is 3.18. The molecule has 2 aliphatic heterocycles. The molecule has 134 valence electrons. The van der Waals surface area contributed by atoms with Crippen LogP contribution in [-0.2, 0) is 11.3 Å². The second-order valence-corrected chi connectivity index (χ2v) is 8.44. The van der Waals surface area contributed by atoms with Crippen LogP contribution in [0.5, 0.6) is 5.75 Å². The first-order chi connectivity index (χ1) is 11.6. The lowest BCUT2D eigenvalue weighted by Crippen LogP contribution is -2.34. The van der Waals surface area contributed by atoms with Crippen molar-refractivity contribution < 1.29 is 9.47 Å². The highest BCUT2D eigenvalue weighted by molar-refractivity contribution is 9.10. The van der Waals surface area contributed by atoms with Crippen LogP contribution in [0, 0.1) is 5.41 Å². The molecule has 1 aromatic rings. The van der Waals surface area contributed by atoms with E-state index >= 15 is 0 Å². The van der Waals surface area contributed by atoms with E-state index in [1.807, 2.05) is 0 Å². The second-order valence-electron chi connectivity index (χ2n) is 7.58. The summed E-state index contributed by atoms with van der Waals surface area (Å²) in [7, 11) is 2.20. The van der Waals surface area contributed by atoms with E-state index in [-0.39, 0.29) is 6.10 Å². The van der Waals surface area contributed by atoms with E-state index in [9.17, 15) is 0 Å². The molecule has 5 heteroatoms. The fourth-order valence-electron chi connectivity index (χ4n) is 3.79. The van der Waals surface area contributed by atoms with Crippen LogP contribution < -0.4 is 10.1 Å². The molecule has 0 aromatic heterocycles. The van der Waals surface area contributed by atoms with Crippen LogP contribution in [0.2, 0.25) is 0 Å². The van der Waals surface area contributed by atoms with Gasteiger partial charge in [-0.25, -0.2) is 0 Å². The molecule has 0 spiro atoms. The fourth-order valence-corrected chi connectivity index (χ4v) is 4.32. The molecule has 4 nitrogen and oxygen atoms in total. The highest BCUT2D eigenvalue weighted by atomic mass is 79.9. The molecule has 2 saturated heterocycles. The molecule has 1 N–H and O–H groups in total. The Morgan fingerprint density at radius 3 is 3.04 bits per heavy atom. The van der Waals surface area contributed by atoms with Gasteiger partial charge in [0.1, 0.15) is 12.4 Å². The average molecular weight is 397 g/mol. The van der Waals surface area contributed by atoms with Crippen molar-refractivity contribution in [3.8, 4) is 5.75 Å². The van der Waals surface area contributed by atoms with Gasteiger partial charge in [-0.1, -0.05) is 19.1 Å². The fraction of sp³-hybridized carbons (Fsp3) is 0.684. The first kappa shape index (κ1) is 18.2. The van der Waals surface area contributed by atoms with Crippen molar-refractivity contribution in [3.63, 3.8) is 0 Å². The SMILES string of the molecule is CN(Cc1cccc(Br)c1OCC1CCCO1)CC1(C)CCNC1. The van der Waals surface area contributed by atoms with Gasteiger partial charge in [-0.3, -0.25) is 0 Å². The highest BCUT2D eigenvalue weighted by Crippen LogP contribution is 2.32. The van der Waals surface area contributed by atoms with Gasteiger partial charge < -0.3 is 19.7 Å². The Morgan fingerprint density at radius 1 is 1.46 bits per heavy atom. The molecular weight excluding hydrogens is 368 g/mol. The van der Waals surface area contributed by atoms with Crippen LogP contribution in [0.1, 0.15) is 31.7 Å². The smallest absolute Gasteiger partial charge is 0.138 e. The van der Waals surface area contributed by atoms with Crippen molar-refractivity contribution in [2.45, 2.75) is 38.8 Å². The predicted octanol–water partition coefficient (Wildman–Crippen LogP) is 3.44. The Bertz CT molecular complexity index is 540. The highest BCUT2D eigenvalue weighted by Gasteiger charge is 2.30. The van der Waals surface area contributed by atoms with E-state index in [1.54, 1.807) is 0 Å². The minimum absolute atomic E-state index is 0.242. The normalized spacial score (nSPS) is 27.1. The van der Waals surface area contributed by atoms with Crippen LogP contribution in [0.4, 0.5) is 0 Å². The predicted molar refractivity (Wildman–Crippen MR) is 101 cm³/mol. The minimum atomic E-state index is 0.242. The first-order valence-corrected chi connectivity index (χ1v) is 9.76. The Balaban J connectivity index is 1.62. The van der Waals surface area contributed by atoms with Crippen molar-refractivity contribution in [1.29, 1.82) is 0 Å². The summed E-state index contributed by atoms with van der Waals surface area (Å²) in [6.07, 6.45) is 3.74. The van der Waals surface area contributed by atoms with Gasteiger partial charge in [-0.15, -0.1) is 0 Å². The summed E-state index contributed by atoms with van der Waals surface area (Å²) in [6, 6.07) is 6.31. The third kappa shape index (κ3) is 4.72. The number of rotatable bonds is 7. The lowest BCUT2D eigenvalue weighted by molar-refractivity contribution is 0.0670. The molecule has 0 amide bonds. The molecule has 2 unspecified atom stereocenters. The Hall–Kier alpha value is -0.620. The summed E-state index contributed by atoms with van der Waals surface area (Å²) in [4.78, 5) is 2.41. The lowest BCUT2D eigenvalue weighted by Gasteiger charge is -2.29. The van der Waals surface area contributed by atoms with Gasteiger partial charge in [0, 0.05) is 31.8 Å². The maximum absolute atomic E-state index is 6.14. The first-order valence-electron chi connectivity index (χ1n) is 8.97. The van der Waals surface area contributed by atoms with Crippen LogP contribution in [0.15, 0.2) is 22.7 Å². The molecule has 2 atom stereocenters. The van der Waals surface area contributed by atoms with E-state index in [1.165, 1.54) is 12.0 Å². The summed E-state index contributed by atoms with van der Waals surface area (Å²) in [5.41, 5.74) is 1.61. The van der Waals surface area contributed by atoms with Gasteiger partial charge in [0.2, 0.25) is 0 Å². The van der Waals surface area contributed by atoms with E-state index < -0.39 is 0 Å². The number of benzene rings is 1. The molecule has 0 aliphatic carbocycles. The third-order valence-corrected chi connectivity index (χ3v) is 5.66. The van der Waals surface area contributed by atoms with E-state index in [0.717, 1.165) is 55.8 Å². The van der Waals surface area contributed by atoms with Crippen molar-refractivity contribution in [1.82, 2.24) is 10.2 Å². The summed E-state index contributed by atoms with van der Waals surface area (Å²) in [5, 5.41) is 3.48. The molecular formula is C19H29BrN2O2. The van der Waals surface area contributed by atoms with Crippen LogP contribution in [-0.4, -0.2) is 50.9 Å². The van der Waals surface area contributed by atoms with Gasteiger partial charge in [0.15, 0.2) is 0 Å². The molecule has 2 fully saturated rings. The zero-order valence-electron chi connectivity index (χ0n) is 14.8. The quantitative estimate of drug-likeness (QED) is 0.765. The van der Waals surface area contributed by atoms with Gasteiger partial charge in [-0.05, 0) is 60.3 Å².